The lowest BCUT2D eigenvalue weighted by Crippen LogP contribution is -2.36. The Morgan fingerprint density at radius 2 is 1.88 bits per heavy atom. The Morgan fingerprint density at radius 3 is 2.50 bits per heavy atom. The van der Waals surface area contributed by atoms with E-state index >= 15 is 0 Å². The summed E-state index contributed by atoms with van der Waals surface area (Å²) in [6.45, 7) is 0. The topological polar surface area (TPSA) is 41.5 Å². The normalized spacial score (nSPS) is 25.1. The smallest absolute Gasteiger partial charge is 0.119 e. The van der Waals surface area contributed by atoms with E-state index in [2.05, 4.69) is 5.32 Å². The number of hydrogen-bond donors (Lipinski definition) is 2. The molecule has 1 aliphatic carbocycles. The van der Waals surface area contributed by atoms with E-state index in [1.54, 1.807) is 7.11 Å². The zero-order chi connectivity index (χ0) is 11.4. The fraction of sp³-hybridized carbons (Fsp3) is 0.538. The van der Waals surface area contributed by atoms with Crippen LogP contribution in [0.5, 0.6) is 5.75 Å². The first kappa shape index (κ1) is 11.3. The molecule has 2 N–H and O–H groups in total. The fourth-order valence-corrected chi connectivity index (χ4v) is 2.18. The van der Waals surface area contributed by atoms with E-state index in [-0.39, 0.29) is 12.1 Å². The molecule has 3 heteroatoms. The summed E-state index contributed by atoms with van der Waals surface area (Å²) in [5.41, 5.74) is 1.05. The Labute approximate surface area is 96.4 Å². The van der Waals surface area contributed by atoms with Gasteiger partial charge in [-0.05, 0) is 37.1 Å². The molecule has 3 nitrogen and oxygen atoms in total. The van der Waals surface area contributed by atoms with Crippen LogP contribution in [-0.2, 0) is 0 Å². The van der Waals surface area contributed by atoms with Gasteiger partial charge in [-0.25, -0.2) is 0 Å². The summed E-state index contributed by atoms with van der Waals surface area (Å²) in [4.78, 5) is 0. The SMILES string of the molecule is COc1ccc(N[C@@H]2CCCC[C@H]2O)cc1. The van der Waals surface area contributed by atoms with Crippen molar-refractivity contribution < 1.29 is 9.84 Å². The lowest BCUT2D eigenvalue weighted by atomic mass is 9.92. The number of hydrogen-bond acceptors (Lipinski definition) is 3. The maximum absolute atomic E-state index is 9.84. The van der Waals surface area contributed by atoms with Crippen LogP contribution in [0.4, 0.5) is 5.69 Å². The summed E-state index contributed by atoms with van der Waals surface area (Å²) in [7, 11) is 1.66. The van der Waals surface area contributed by atoms with E-state index in [1.165, 1.54) is 6.42 Å². The van der Waals surface area contributed by atoms with Gasteiger partial charge in [0.05, 0.1) is 19.3 Å². The van der Waals surface area contributed by atoms with Gasteiger partial charge in [-0.1, -0.05) is 12.8 Å². The maximum atomic E-state index is 9.84. The van der Waals surface area contributed by atoms with Crippen LogP contribution in [-0.4, -0.2) is 24.4 Å². The standard InChI is InChI=1S/C13H19NO2/c1-16-11-8-6-10(7-9-11)14-12-4-2-3-5-13(12)15/h6-9,12-15H,2-5H2,1H3/t12-,13-/m1/s1. The lowest BCUT2D eigenvalue weighted by Gasteiger charge is -2.29. The second-order valence-electron chi connectivity index (χ2n) is 4.33. The third-order valence-corrected chi connectivity index (χ3v) is 3.17. The van der Waals surface area contributed by atoms with E-state index in [9.17, 15) is 5.11 Å². The van der Waals surface area contributed by atoms with Gasteiger partial charge in [-0.15, -0.1) is 0 Å². The average molecular weight is 221 g/mol. The first-order chi connectivity index (χ1) is 7.79. The minimum Gasteiger partial charge on any atom is -0.497 e. The van der Waals surface area contributed by atoms with Gasteiger partial charge >= 0.3 is 0 Å². The van der Waals surface area contributed by atoms with Crippen LogP contribution in [0, 0.1) is 0 Å². The molecule has 0 aromatic heterocycles. The number of anilines is 1. The van der Waals surface area contributed by atoms with Crippen molar-refractivity contribution >= 4 is 5.69 Å². The Bertz CT molecular complexity index is 323. The molecular weight excluding hydrogens is 202 g/mol. The van der Waals surface area contributed by atoms with Crippen molar-refractivity contribution in [2.24, 2.45) is 0 Å². The molecule has 2 atom stereocenters. The molecule has 1 aromatic carbocycles. The van der Waals surface area contributed by atoms with Crippen molar-refractivity contribution in [2.45, 2.75) is 37.8 Å². The molecule has 0 radical (unpaired) electrons. The van der Waals surface area contributed by atoms with Gasteiger partial charge in [-0.3, -0.25) is 0 Å². The number of ether oxygens (including phenoxy) is 1. The van der Waals surface area contributed by atoms with Gasteiger partial charge < -0.3 is 15.2 Å². The highest BCUT2D eigenvalue weighted by Crippen LogP contribution is 2.23. The van der Waals surface area contributed by atoms with Crippen molar-refractivity contribution in [1.29, 1.82) is 0 Å². The summed E-state index contributed by atoms with van der Waals surface area (Å²) >= 11 is 0. The number of methoxy groups -OCH3 is 1. The minimum atomic E-state index is -0.212. The Hall–Kier alpha value is -1.22. The molecule has 1 fully saturated rings. The minimum absolute atomic E-state index is 0.196. The van der Waals surface area contributed by atoms with Gasteiger partial charge in [0.1, 0.15) is 5.75 Å². The summed E-state index contributed by atoms with van der Waals surface area (Å²) in [5, 5.41) is 13.2. The molecule has 1 aromatic rings. The molecule has 1 aliphatic rings. The van der Waals surface area contributed by atoms with E-state index in [1.807, 2.05) is 24.3 Å². The molecule has 88 valence electrons. The average Bonchev–Trinajstić information content (AvgIpc) is 2.33. The van der Waals surface area contributed by atoms with Crippen molar-refractivity contribution in [2.75, 3.05) is 12.4 Å². The zero-order valence-corrected chi connectivity index (χ0v) is 9.65. The maximum Gasteiger partial charge on any atom is 0.119 e. The van der Waals surface area contributed by atoms with Gasteiger partial charge in [0, 0.05) is 5.69 Å². The molecule has 2 rings (SSSR count). The third kappa shape index (κ3) is 2.67. The molecule has 0 unspecified atom stereocenters. The number of aliphatic hydroxyl groups excluding tert-OH is 1. The quantitative estimate of drug-likeness (QED) is 0.823. The monoisotopic (exact) mass is 221 g/mol. The predicted octanol–water partition coefficient (Wildman–Crippen LogP) is 2.41. The Morgan fingerprint density at radius 1 is 1.19 bits per heavy atom. The predicted molar refractivity (Wildman–Crippen MR) is 64.9 cm³/mol. The highest BCUT2D eigenvalue weighted by atomic mass is 16.5. The summed E-state index contributed by atoms with van der Waals surface area (Å²) < 4.78 is 5.10. The van der Waals surface area contributed by atoms with Crippen molar-refractivity contribution in [1.82, 2.24) is 0 Å². The molecule has 16 heavy (non-hydrogen) atoms. The lowest BCUT2D eigenvalue weighted by molar-refractivity contribution is 0.116. The van der Waals surface area contributed by atoms with Crippen LogP contribution >= 0.6 is 0 Å². The van der Waals surface area contributed by atoms with Crippen molar-refractivity contribution in [3.63, 3.8) is 0 Å². The Balaban J connectivity index is 1.96. The molecule has 0 heterocycles. The van der Waals surface area contributed by atoms with Crippen LogP contribution in [0.25, 0.3) is 0 Å². The zero-order valence-electron chi connectivity index (χ0n) is 9.65. The van der Waals surface area contributed by atoms with Crippen LogP contribution in [0.2, 0.25) is 0 Å². The first-order valence-electron chi connectivity index (χ1n) is 5.88. The van der Waals surface area contributed by atoms with Gasteiger partial charge in [0.25, 0.3) is 0 Å². The first-order valence-corrected chi connectivity index (χ1v) is 5.88. The number of nitrogens with one attached hydrogen (secondary N) is 1. The molecule has 0 amide bonds. The second kappa shape index (κ2) is 5.21. The second-order valence-corrected chi connectivity index (χ2v) is 4.33. The van der Waals surface area contributed by atoms with E-state index in [0.29, 0.717) is 0 Å². The molecular formula is C13H19NO2. The van der Waals surface area contributed by atoms with Crippen LogP contribution in [0.15, 0.2) is 24.3 Å². The van der Waals surface area contributed by atoms with Crippen molar-refractivity contribution in [3.8, 4) is 5.75 Å². The molecule has 0 spiro atoms. The molecule has 0 aliphatic heterocycles. The number of rotatable bonds is 3. The summed E-state index contributed by atoms with van der Waals surface area (Å²) in [6.07, 6.45) is 4.09. The highest BCUT2D eigenvalue weighted by Gasteiger charge is 2.22. The Kier molecular flexibility index (Phi) is 3.67. The van der Waals surface area contributed by atoms with E-state index < -0.39 is 0 Å². The summed E-state index contributed by atoms with van der Waals surface area (Å²) in [5.74, 6) is 0.856. The number of aliphatic hydroxyl groups is 1. The largest absolute Gasteiger partial charge is 0.497 e. The third-order valence-electron chi connectivity index (χ3n) is 3.17. The molecule has 1 saturated carbocycles. The fourth-order valence-electron chi connectivity index (χ4n) is 2.18. The van der Waals surface area contributed by atoms with E-state index in [0.717, 1.165) is 30.7 Å². The summed E-state index contributed by atoms with van der Waals surface area (Å²) in [6, 6.07) is 8.03. The van der Waals surface area contributed by atoms with Gasteiger partial charge in [0.15, 0.2) is 0 Å². The van der Waals surface area contributed by atoms with Gasteiger partial charge in [0.2, 0.25) is 0 Å². The van der Waals surface area contributed by atoms with Gasteiger partial charge in [-0.2, -0.15) is 0 Å². The molecule has 0 bridgehead atoms. The highest BCUT2D eigenvalue weighted by molar-refractivity contribution is 5.47. The van der Waals surface area contributed by atoms with Crippen LogP contribution in [0.3, 0.4) is 0 Å². The van der Waals surface area contributed by atoms with Crippen molar-refractivity contribution in [3.05, 3.63) is 24.3 Å². The number of benzene rings is 1. The molecule has 0 saturated heterocycles. The van der Waals surface area contributed by atoms with Crippen LogP contribution in [0.1, 0.15) is 25.7 Å². The van der Waals surface area contributed by atoms with Crippen LogP contribution < -0.4 is 10.1 Å². The van der Waals surface area contributed by atoms with E-state index in [4.69, 9.17) is 4.74 Å².